The number of anilines is 2. The van der Waals surface area contributed by atoms with Gasteiger partial charge >= 0.3 is 0 Å². The topological polar surface area (TPSA) is 102 Å². The number of nitrogens with one attached hydrogen (secondary N) is 2. The number of benzene rings is 1. The lowest BCUT2D eigenvalue weighted by Gasteiger charge is -2.34. The summed E-state index contributed by atoms with van der Waals surface area (Å²) in [5.41, 5.74) is 1.80. The molecule has 3 aliphatic heterocycles. The van der Waals surface area contributed by atoms with Gasteiger partial charge in [0, 0.05) is 48.9 Å². The summed E-state index contributed by atoms with van der Waals surface area (Å²) in [6.07, 6.45) is 3.55. The summed E-state index contributed by atoms with van der Waals surface area (Å²) in [5, 5.41) is 15.4. The number of thioether (sulfide) groups is 1. The van der Waals surface area contributed by atoms with E-state index in [0.29, 0.717) is 31.6 Å². The standard InChI is InChI=1S/C28H42N4O4S/c1-5-16-29-24(34)21-22-26(36)32(17-8-9-18-33)23(28(22)15-14-27(21,4)37-28)25(35)30-19-10-12-20(13-11-19)31(6-2)7-3/h10-13,21-23,33H,5-9,14-18H2,1-4H3,(H,29,34)(H,30,35)/t21-,22-,23?,27+,28?/m0/s1. The monoisotopic (exact) mass is 530 g/mol. The first-order valence-corrected chi connectivity index (χ1v) is 14.6. The van der Waals surface area contributed by atoms with E-state index in [0.717, 1.165) is 38.0 Å². The van der Waals surface area contributed by atoms with E-state index in [-0.39, 0.29) is 29.1 Å². The Hall–Kier alpha value is -2.26. The van der Waals surface area contributed by atoms with Crippen LogP contribution < -0.4 is 15.5 Å². The van der Waals surface area contributed by atoms with Crippen LogP contribution in [0, 0.1) is 11.8 Å². The van der Waals surface area contributed by atoms with Crippen LogP contribution in [0.15, 0.2) is 24.3 Å². The highest BCUT2D eigenvalue weighted by Gasteiger charge is 2.76. The number of hydrogen-bond donors (Lipinski definition) is 3. The van der Waals surface area contributed by atoms with E-state index in [1.165, 1.54) is 0 Å². The van der Waals surface area contributed by atoms with Gasteiger partial charge in [-0.3, -0.25) is 14.4 Å². The van der Waals surface area contributed by atoms with Crippen LogP contribution in [0.4, 0.5) is 11.4 Å². The number of aliphatic hydroxyl groups excluding tert-OH is 1. The molecular formula is C28H42N4O4S. The zero-order valence-electron chi connectivity index (χ0n) is 22.6. The number of unbranched alkanes of at least 4 members (excludes halogenated alkanes) is 1. The van der Waals surface area contributed by atoms with Crippen molar-refractivity contribution in [1.29, 1.82) is 0 Å². The maximum Gasteiger partial charge on any atom is 0.248 e. The van der Waals surface area contributed by atoms with Crippen LogP contribution in [0.2, 0.25) is 0 Å². The fourth-order valence-corrected chi connectivity index (χ4v) is 9.03. The number of aliphatic hydroxyl groups is 1. The highest BCUT2D eigenvalue weighted by Crippen LogP contribution is 2.71. The first kappa shape index (κ1) is 27.8. The second-order valence-electron chi connectivity index (χ2n) is 10.7. The van der Waals surface area contributed by atoms with Crippen LogP contribution in [-0.4, -0.2) is 76.0 Å². The van der Waals surface area contributed by atoms with Crippen molar-refractivity contribution in [3.63, 3.8) is 0 Å². The molecule has 1 aromatic carbocycles. The van der Waals surface area contributed by atoms with Gasteiger partial charge in [0.2, 0.25) is 17.7 Å². The molecule has 204 valence electrons. The molecule has 0 saturated carbocycles. The van der Waals surface area contributed by atoms with Gasteiger partial charge in [-0.2, -0.15) is 0 Å². The molecule has 2 unspecified atom stereocenters. The van der Waals surface area contributed by atoms with Crippen molar-refractivity contribution in [3.8, 4) is 0 Å². The normalized spacial score (nSPS) is 29.9. The molecule has 3 saturated heterocycles. The van der Waals surface area contributed by atoms with Crippen molar-refractivity contribution in [2.75, 3.05) is 43.0 Å². The molecule has 0 aliphatic carbocycles. The number of carbonyl (C=O) groups is 3. The number of carbonyl (C=O) groups excluding carboxylic acids is 3. The SMILES string of the molecule is CCCNC(=O)[C@@H]1[C@H]2C(=O)N(CCCCO)C(C(=O)Nc3ccc(N(CC)CC)cc3)C23CC[C@@]1(C)S3. The third-order valence-corrected chi connectivity index (χ3v) is 10.4. The summed E-state index contributed by atoms with van der Waals surface area (Å²) in [4.78, 5) is 45.1. The van der Waals surface area contributed by atoms with Gasteiger partial charge < -0.3 is 25.5 Å². The molecule has 2 bridgehead atoms. The number of nitrogens with zero attached hydrogens (tertiary/aromatic N) is 2. The van der Waals surface area contributed by atoms with Gasteiger partial charge in [0.1, 0.15) is 6.04 Å². The zero-order valence-corrected chi connectivity index (χ0v) is 23.4. The Labute approximate surface area is 224 Å². The Morgan fingerprint density at radius 1 is 1.11 bits per heavy atom. The number of hydrogen-bond acceptors (Lipinski definition) is 6. The summed E-state index contributed by atoms with van der Waals surface area (Å²) < 4.78 is -0.982. The van der Waals surface area contributed by atoms with Crippen molar-refractivity contribution in [2.45, 2.75) is 75.3 Å². The lowest BCUT2D eigenvalue weighted by atomic mass is 9.66. The largest absolute Gasteiger partial charge is 0.396 e. The summed E-state index contributed by atoms with van der Waals surface area (Å²) in [6.45, 7) is 11.2. The minimum atomic E-state index is -0.651. The molecule has 3 N–H and O–H groups in total. The Balaban J connectivity index is 1.63. The number of likely N-dealkylation sites (tertiary alicyclic amines) is 1. The molecule has 3 heterocycles. The molecule has 5 atom stereocenters. The van der Waals surface area contributed by atoms with Crippen LogP contribution in [0.3, 0.4) is 0 Å². The predicted octanol–water partition coefficient (Wildman–Crippen LogP) is 3.25. The Kier molecular flexibility index (Phi) is 8.43. The van der Waals surface area contributed by atoms with E-state index in [2.05, 4.69) is 36.3 Å². The van der Waals surface area contributed by atoms with E-state index in [9.17, 15) is 19.5 Å². The highest BCUT2D eigenvalue weighted by molar-refractivity contribution is 8.02. The molecule has 3 fully saturated rings. The molecule has 0 aromatic heterocycles. The Morgan fingerprint density at radius 2 is 1.81 bits per heavy atom. The van der Waals surface area contributed by atoms with Gasteiger partial charge in [-0.1, -0.05) is 6.92 Å². The van der Waals surface area contributed by atoms with Gasteiger partial charge in [-0.25, -0.2) is 0 Å². The summed E-state index contributed by atoms with van der Waals surface area (Å²) in [6, 6.07) is 7.19. The molecule has 8 nitrogen and oxygen atoms in total. The third-order valence-electron chi connectivity index (χ3n) is 8.43. The van der Waals surface area contributed by atoms with Crippen LogP contribution in [-0.2, 0) is 14.4 Å². The van der Waals surface area contributed by atoms with Crippen molar-refractivity contribution in [1.82, 2.24) is 10.2 Å². The molecule has 1 spiro atoms. The zero-order chi connectivity index (χ0) is 26.8. The highest BCUT2D eigenvalue weighted by atomic mass is 32.2. The Bertz CT molecular complexity index is 1000. The first-order valence-electron chi connectivity index (χ1n) is 13.8. The number of fused-ring (bicyclic) bond motifs is 1. The molecule has 9 heteroatoms. The van der Waals surface area contributed by atoms with E-state index < -0.39 is 22.6 Å². The minimum Gasteiger partial charge on any atom is -0.396 e. The maximum absolute atomic E-state index is 13.9. The minimum absolute atomic E-state index is 0.0429. The van der Waals surface area contributed by atoms with Crippen LogP contribution in [0.25, 0.3) is 0 Å². The van der Waals surface area contributed by atoms with Crippen molar-refractivity contribution >= 4 is 40.9 Å². The lowest BCUT2D eigenvalue weighted by molar-refractivity contribution is -0.140. The molecule has 4 rings (SSSR count). The molecule has 0 radical (unpaired) electrons. The van der Waals surface area contributed by atoms with E-state index in [1.807, 2.05) is 31.2 Å². The predicted molar refractivity (Wildman–Crippen MR) is 149 cm³/mol. The molecular weight excluding hydrogens is 488 g/mol. The van der Waals surface area contributed by atoms with Crippen LogP contribution in [0.5, 0.6) is 0 Å². The average Bonchev–Trinajstić information content (AvgIpc) is 3.45. The lowest BCUT2D eigenvalue weighted by Crippen LogP contribution is -2.52. The molecule has 3 amide bonds. The van der Waals surface area contributed by atoms with Gasteiger partial charge in [-0.05, 0) is 77.1 Å². The van der Waals surface area contributed by atoms with Crippen LogP contribution >= 0.6 is 11.8 Å². The van der Waals surface area contributed by atoms with Gasteiger partial charge in [0.05, 0.1) is 16.6 Å². The number of rotatable bonds is 12. The van der Waals surface area contributed by atoms with E-state index in [4.69, 9.17) is 0 Å². The average molecular weight is 531 g/mol. The summed E-state index contributed by atoms with van der Waals surface area (Å²) >= 11 is 1.69. The van der Waals surface area contributed by atoms with Crippen molar-refractivity contribution in [3.05, 3.63) is 24.3 Å². The first-order chi connectivity index (χ1) is 17.8. The molecule has 3 aliphatic rings. The fraction of sp³-hybridized carbons (Fsp3) is 0.679. The second-order valence-corrected chi connectivity index (χ2v) is 12.6. The summed E-state index contributed by atoms with van der Waals surface area (Å²) in [5.74, 6) is -1.32. The van der Waals surface area contributed by atoms with Gasteiger partial charge in [0.25, 0.3) is 0 Å². The van der Waals surface area contributed by atoms with Crippen molar-refractivity contribution in [2.24, 2.45) is 11.8 Å². The quantitative estimate of drug-likeness (QED) is 0.359. The Morgan fingerprint density at radius 3 is 2.43 bits per heavy atom. The van der Waals surface area contributed by atoms with E-state index >= 15 is 0 Å². The second kappa shape index (κ2) is 11.2. The fourth-order valence-electron chi connectivity index (χ4n) is 6.67. The third kappa shape index (κ3) is 4.85. The van der Waals surface area contributed by atoms with E-state index in [1.54, 1.807) is 16.7 Å². The van der Waals surface area contributed by atoms with Crippen LogP contribution in [0.1, 0.15) is 59.8 Å². The molecule has 1 aromatic rings. The molecule has 37 heavy (non-hydrogen) atoms. The van der Waals surface area contributed by atoms with Crippen molar-refractivity contribution < 1.29 is 19.5 Å². The smallest absolute Gasteiger partial charge is 0.248 e. The van der Waals surface area contributed by atoms with Gasteiger partial charge in [-0.15, -0.1) is 11.8 Å². The summed E-state index contributed by atoms with van der Waals surface area (Å²) in [7, 11) is 0. The number of amides is 3. The van der Waals surface area contributed by atoms with Gasteiger partial charge in [0.15, 0.2) is 0 Å². The maximum atomic E-state index is 13.9.